The van der Waals surface area contributed by atoms with Crippen molar-refractivity contribution in [1.29, 1.82) is 0 Å². The highest BCUT2D eigenvalue weighted by atomic mass is 32.2. The molecule has 0 aliphatic rings. The van der Waals surface area contributed by atoms with Crippen LogP contribution in [0, 0.1) is 0 Å². The van der Waals surface area contributed by atoms with Crippen molar-refractivity contribution < 1.29 is 0 Å². The van der Waals surface area contributed by atoms with Gasteiger partial charge in [-0.1, -0.05) is 24.3 Å². The Morgan fingerprint density at radius 1 is 1.18 bits per heavy atom. The van der Waals surface area contributed by atoms with E-state index in [1.165, 1.54) is 5.56 Å². The van der Waals surface area contributed by atoms with Gasteiger partial charge >= 0.3 is 0 Å². The highest BCUT2D eigenvalue weighted by molar-refractivity contribution is 7.98. The van der Waals surface area contributed by atoms with Crippen LogP contribution in [0.15, 0.2) is 53.7 Å². The van der Waals surface area contributed by atoms with E-state index in [1.54, 1.807) is 7.05 Å². The molecule has 1 aromatic carbocycles. The molecule has 2 aromatic rings. The minimum Gasteiger partial charge on any atom is -0.356 e. The van der Waals surface area contributed by atoms with Crippen molar-refractivity contribution >= 4 is 17.7 Å². The molecule has 0 fully saturated rings. The van der Waals surface area contributed by atoms with E-state index in [-0.39, 0.29) is 0 Å². The van der Waals surface area contributed by atoms with Crippen LogP contribution in [0.3, 0.4) is 0 Å². The first-order valence-electron chi connectivity index (χ1n) is 7.27. The monoisotopic (exact) mass is 314 g/mol. The van der Waals surface area contributed by atoms with Gasteiger partial charge in [-0.3, -0.25) is 9.98 Å². The Bertz CT molecular complexity index is 599. The van der Waals surface area contributed by atoms with Crippen LogP contribution in [0.4, 0.5) is 0 Å². The van der Waals surface area contributed by atoms with Gasteiger partial charge in [-0.15, -0.1) is 0 Å². The summed E-state index contributed by atoms with van der Waals surface area (Å²) >= 11 is 1.82. The number of hydrogen-bond donors (Lipinski definition) is 2. The van der Waals surface area contributed by atoms with Gasteiger partial charge in [0.1, 0.15) is 0 Å². The Hall–Kier alpha value is -2.01. The van der Waals surface area contributed by atoms with Gasteiger partial charge in [0, 0.05) is 37.7 Å². The van der Waals surface area contributed by atoms with E-state index in [9.17, 15) is 0 Å². The molecule has 0 saturated heterocycles. The van der Waals surface area contributed by atoms with E-state index in [0.717, 1.165) is 36.1 Å². The van der Waals surface area contributed by atoms with Crippen LogP contribution in [0.1, 0.15) is 5.56 Å². The number of aromatic nitrogens is 1. The number of thioether (sulfide) groups is 1. The molecule has 0 radical (unpaired) electrons. The summed E-state index contributed by atoms with van der Waals surface area (Å²) in [6.07, 6.45) is 3.92. The normalized spacial score (nSPS) is 11.3. The first-order valence-corrected chi connectivity index (χ1v) is 8.66. The first kappa shape index (κ1) is 16.4. The maximum absolute atomic E-state index is 4.39. The van der Waals surface area contributed by atoms with E-state index in [4.69, 9.17) is 0 Å². The molecule has 1 heterocycles. The third kappa shape index (κ3) is 5.07. The number of nitrogens with one attached hydrogen (secondary N) is 2. The number of guanidine groups is 1. The fraction of sp³-hybridized carbons (Fsp3) is 0.294. The molecule has 0 aliphatic carbocycles. The van der Waals surface area contributed by atoms with Crippen molar-refractivity contribution in [2.45, 2.75) is 6.54 Å². The van der Waals surface area contributed by atoms with Gasteiger partial charge in [-0.05, 0) is 30.0 Å². The van der Waals surface area contributed by atoms with Crippen LogP contribution in [0.25, 0.3) is 11.3 Å². The summed E-state index contributed by atoms with van der Waals surface area (Å²) < 4.78 is 0. The van der Waals surface area contributed by atoms with E-state index in [2.05, 4.69) is 51.1 Å². The molecule has 2 rings (SSSR count). The Labute approximate surface area is 136 Å². The van der Waals surface area contributed by atoms with Crippen LogP contribution < -0.4 is 10.6 Å². The van der Waals surface area contributed by atoms with E-state index in [0.29, 0.717) is 0 Å². The van der Waals surface area contributed by atoms with Gasteiger partial charge in [-0.25, -0.2) is 0 Å². The van der Waals surface area contributed by atoms with Crippen LogP contribution in [-0.4, -0.2) is 36.5 Å². The van der Waals surface area contributed by atoms with Crippen LogP contribution in [0.2, 0.25) is 0 Å². The molecule has 0 unspecified atom stereocenters. The number of nitrogens with zero attached hydrogens (tertiary/aromatic N) is 2. The summed E-state index contributed by atoms with van der Waals surface area (Å²) in [5.74, 6) is 1.90. The molecule has 2 N–H and O–H groups in total. The predicted octanol–water partition coefficient (Wildman–Crippen LogP) is 2.78. The fourth-order valence-corrected chi connectivity index (χ4v) is 2.36. The van der Waals surface area contributed by atoms with Gasteiger partial charge < -0.3 is 10.6 Å². The summed E-state index contributed by atoms with van der Waals surface area (Å²) in [7, 11) is 1.79. The second-order valence-electron chi connectivity index (χ2n) is 4.76. The lowest BCUT2D eigenvalue weighted by atomic mass is 10.1. The summed E-state index contributed by atoms with van der Waals surface area (Å²) in [6, 6.07) is 14.4. The quantitative estimate of drug-likeness (QED) is 0.489. The van der Waals surface area contributed by atoms with Crippen molar-refractivity contribution in [2.75, 3.05) is 25.6 Å². The summed E-state index contributed by atoms with van der Waals surface area (Å²) in [5, 5.41) is 6.63. The predicted molar refractivity (Wildman–Crippen MR) is 96.3 cm³/mol. The average Bonchev–Trinajstić information content (AvgIpc) is 2.59. The van der Waals surface area contributed by atoms with Crippen molar-refractivity contribution in [3.63, 3.8) is 0 Å². The fourth-order valence-electron chi connectivity index (χ4n) is 2.05. The zero-order valence-electron chi connectivity index (χ0n) is 13.0. The highest BCUT2D eigenvalue weighted by Crippen LogP contribution is 2.17. The molecule has 0 spiro atoms. The first-order chi connectivity index (χ1) is 10.8. The Morgan fingerprint density at radius 2 is 2.09 bits per heavy atom. The molecule has 0 atom stereocenters. The zero-order valence-corrected chi connectivity index (χ0v) is 13.9. The van der Waals surface area contributed by atoms with Crippen molar-refractivity contribution in [1.82, 2.24) is 15.6 Å². The molecule has 0 bridgehead atoms. The molecule has 1 aromatic heterocycles. The molecule has 116 valence electrons. The van der Waals surface area contributed by atoms with Gasteiger partial charge in [0.2, 0.25) is 0 Å². The molecule has 0 aliphatic heterocycles. The van der Waals surface area contributed by atoms with Gasteiger partial charge in [0.25, 0.3) is 0 Å². The average molecular weight is 314 g/mol. The van der Waals surface area contributed by atoms with Gasteiger partial charge in [0.15, 0.2) is 5.96 Å². The zero-order chi connectivity index (χ0) is 15.6. The molecule has 0 saturated carbocycles. The van der Waals surface area contributed by atoms with E-state index < -0.39 is 0 Å². The van der Waals surface area contributed by atoms with Crippen LogP contribution in [0.5, 0.6) is 0 Å². The maximum atomic E-state index is 4.39. The minimum atomic E-state index is 0.736. The lowest BCUT2D eigenvalue weighted by molar-refractivity contribution is 0.833. The Balaban J connectivity index is 1.96. The molecular weight excluding hydrogens is 292 g/mol. The smallest absolute Gasteiger partial charge is 0.191 e. The van der Waals surface area contributed by atoms with Crippen LogP contribution >= 0.6 is 11.8 Å². The number of hydrogen-bond acceptors (Lipinski definition) is 3. The molecule has 4 nitrogen and oxygen atoms in total. The summed E-state index contributed by atoms with van der Waals surface area (Å²) in [6.45, 7) is 1.65. The third-order valence-electron chi connectivity index (χ3n) is 3.17. The van der Waals surface area contributed by atoms with E-state index in [1.807, 2.05) is 36.2 Å². The maximum Gasteiger partial charge on any atom is 0.191 e. The SMILES string of the molecule is CN=C(NCCSC)NCc1cccc(-c2ccccn2)c1. The third-order valence-corrected chi connectivity index (χ3v) is 3.78. The van der Waals surface area contributed by atoms with Crippen molar-refractivity contribution in [3.05, 3.63) is 54.2 Å². The number of aliphatic imine (C=N–C) groups is 1. The van der Waals surface area contributed by atoms with Gasteiger partial charge in [0.05, 0.1) is 5.69 Å². The van der Waals surface area contributed by atoms with Crippen molar-refractivity contribution in [2.24, 2.45) is 4.99 Å². The van der Waals surface area contributed by atoms with E-state index >= 15 is 0 Å². The topological polar surface area (TPSA) is 49.3 Å². The highest BCUT2D eigenvalue weighted by Gasteiger charge is 2.01. The molecule has 5 heteroatoms. The number of benzene rings is 1. The molecule has 22 heavy (non-hydrogen) atoms. The summed E-state index contributed by atoms with van der Waals surface area (Å²) in [4.78, 5) is 8.62. The number of pyridine rings is 1. The molecular formula is C17H22N4S. The molecule has 0 amide bonds. The van der Waals surface area contributed by atoms with Gasteiger partial charge in [-0.2, -0.15) is 11.8 Å². The lowest BCUT2D eigenvalue weighted by Crippen LogP contribution is -2.37. The van der Waals surface area contributed by atoms with Crippen molar-refractivity contribution in [3.8, 4) is 11.3 Å². The number of rotatable bonds is 6. The van der Waals surface area contributed by atoms with Crippen LogP contribution in [-0.2, 0) is 6.54 Å². The summed E-state index contributed by atoms with van der Waals surface area (Å²) in [5.41, 5.74) is 3.33. The second-order valence-corrected chi connectivity index (χ2v) is 5.75. The minimum absolute atomic E-state index is 0.736. The second kappa shape index (κ2) is 9.10. The Kier molecular flexibility index (Phi) is 6.77. The largest absolute Gasteiger partial charge is 0.356 e. The lowest BCUT2D eigenvalue weighted by Gasteiger charge is -2.12. The Morgan fingerprint density at radius 3 is 2.82 bits per heavy atom. The standard InChI is InChI=1S/C17H22N4S/c1-18-17(20-10-11-22-2)21-13-14-6-5-7-15(12-14)16-8-3-4-9-19-16/h3-9,12H,10-11,13H2,1-2H3,(H2,18,20,21).